The molecule has 1 heterocycles. The van der Waals surface area contributed by atoms with Gasteiger partial charge in [-0.3, -0.25) is 5.10 Å². The fourth-order valence-electron chi connectivity index (χ4n) is 2.70. The van der Waals surface area contributed by atoms with Crippen molar-refractivity contribution in [3.05, 3.63) is 65.6 Å². The normalized spacial score (nSPS) is 14.0. The molecule has 0 amide bonds. The lowest BCUT2D eigenvalue weighted by atomic mass is 10.0. The van der Waals surface area contributed by atoms with E-state index in [9.17, 15) is 9.50 Å². The number of nitrogens with one attached hydrogen (secondary N) is 2. The first-order valence-electron chi connectivity index (χ1n) is 7.71. The van der Waals surface area contributed by atoms with E-state index >= 15 is 0 Å². The van der Waals surface area contributed by atoms with Crippen molar-refractivity contribution in [3.63, 3.8) is 0 Å². The summed E-state index contributed by atoms with van der Waals surface area (Å²) in [7, 11) is 0. The number of halogens is 1. The van der Waals surface area contributed by atoms with Gasteiger partial charge in [-0.05, 0) is 36.6 Å². The van der Waals surface area contributed by atoms with Gasteiger partial charge in [0, 0.05) is 18.0 Å². The van der Waals surface area contributed by atoms with Crippen molar-refractivity contribution in [2.75, 3.05) is 0 Å². The standard InChI is InChI=1S/C18H20FN3O/c1-12(9-17(23)13-5-7-16(19)8-6-13)20-10-14-3-2-4-15-11-21-22-18(14)15/h2-8,11-12,17,20,23H,9-10H2,1H3,(H,21,22). The second-order valence-electron chi connectivity index (χ2n) is 5.84. The van der Waals surface area contributed by atoms with E-state index in [0.29, 0.717) is 13.0 Å². The number of hydrogen-bond acceptors (Lipinski definition) is 3. The predicted octanol–water partition coefficient (Wildman–Crippen LogP) is 3.30. The first-order valence-corrected chi connectivity index (χ1v) is 7.71. The number of benzene rings is 2. The van der Waals surface area contributed by atoms with E-state index in [1.807, 2.05) is 19.1 Å². The lowest BCUT2D eigenvalue weighted by Gasteiger charge is -2.18. The minimum Gasteiger partial charge on any atom is -0.388 e. The van der Waals surface area contributed by atoms with Gasteiger partial charge < -0.3 is 10.4 Å². The van der Waals surface area contributed by atoms with Crippen LogP contribution in [-0.2, 0) is 6.54 Å². The Kier molecular flexibility index (Phi) is 4.69. The number of para-hydroxylation sites is 1. The number of H-pyrrole nitrogens is 1. The summed E-state index contributed by atoms with van der Waals surface area (Å²) in [6.45, 7) is 2.72. The number of aromatic amines is 1. The van der Waals surface area contributed by atoms with Crippen LogP contribution in [0.15, 0.2) is 48.7 Å². The van der Waals surface area contributed by atoms with Gasteiger partial charge >= 0.3 is 0 Å². The van der Waals surface area contributed by atoms with Crippen molar-refractivity contribution >= 4 is 10.9 Å². The molecule has 3 N–H and O–H groups in total. The Morgan fingerprint density at radius 3 is 2.78 bits per heavy atom. The molecule has 0 aliphatic heterocycles. The second kappa shape index (κ2) is 6.89. The topological polar surface area (TPSA) is 60.9 Å². The van der Waals surface area contributed by atoms with Gasteiger partial charge in [-0.25, -0.2) is 4.39 Å². The van der Waals surface area contributed by atoms with E-state index in [-0.39, 0.29) is 11.9 Å². The van der Waals surface area contributed by atoms with Crippen molar-refractivity contribution in [1.82, 2.24) is 15.5 Å². The molecule has 2 unspecified atom stereocenters. The number of rotatable bonds is 6. The second-order valence-corrected chi connectivity index (χ2v) is 5.84. The molecular weight excluding hydrogens is 293 g/mol. The molecule has 0 aliphatic rings. The van der Waals surface area contributed by atoms with Crippen LogP contribution < -0.4 is 5.32 Å². The Labute approximate surface area is 134 Å². The number of aliphatic hydroxyl groups excluding tert-OH is 1. The SMILES string of the molecule is CC(CC(O)c1ccc(F)cc1)NCc1cccc2cn[nH]c12. The highest BCUT2D eigenvalue weighted by Crippen LogP contribution is 2.20. The first-order chi connectivity index (χ1) is 11.1. The van der Waals surface area contributed by atoms with E-state index < -0.39 is 6.10 Å². The molecule has 5 heteroatoms. The van der Waals surface area contributed by atoms with Gasteiger partial charge in [0.2, 0.25) is 0 Å². The average molecular weight is 313 g/mol. The molecule has 2 atom stereocenters. The summed E-state index contributed by atoms with van der Waals surface area (Å²) < 4.78 is 12.9. The van der Waals surface area contributed by atoms with Gasteiger partial charge in [-0.2, -0.15) is 5.10 Å². The number of hydrogen-bond donors (Lipinski definition) is 3. The Bertz CT molecular complexity index is 769. The Balaban J connectivity index is 1.58. The van der Waals surface area contributed by atoms with E-state index in [1.54, 1.807) is 18.3 Å². The fraction of sp³-hybridized carbons (Fsp3) is 0.278. The molecule has 1 aromatic heterocycles. The lowest BCUT2D eigenvalue weighted by Crippen LogP contribution is -2.27. The number of fused-ring (bicyclic) bond motifs is 1. The Morgan fingerprint density at radius 2 is 2.00 bits per heavy atom. The largest absolute Gasteiger partial charge is 0.388 e. The highest BCUT2D eigenvalue weighted by Gasteiger charge is 2.13. The van der Waals surface area contributed by atoms with Crippen molar-refractivity contribution in [2.24, 2.45) is 0 Å². The monoisotopic (exact) mass is 313 g/mol. The minimum absolute atomic E-state index is 0.119. The fourth-order valence-corrected chi connectivity index (χ4v) is 2.70. The molecule has 2 aromatic carbocycles. The molecular formula is C18H20FN3O. The minimum atomic E-state index is -0.610. The smallest absolute Gasteiger partial charge is 0.123 e. The maximum absolute atomic E-state index is 12.9. The Hall–Kier alpha value is -2.24. The molecule has 0 saturated heterocycles. The van der Waals surface area contributed by atoms with Gasteiger partial charge in [0.1, 0.15) is 5.82 Å². The third-order valence-electron chi connectivity index (χ3n) is 4.04. The zero-order chi connectivity index (χ0) is 16.2. The quantitative estimate of drug-likeness (QED) is 0.654. The highest BCUT2D eigenvalue weighted by atomic mass is 19.1. The van der Waals surface area contributed by atoms with Gasteiger partial charge in [0.15, 0.2) is 0 Å². The number of aliphatic hydroxyl groups is 1. The van der Waals surface area contributed by atoms with Crippen molar-refractivity contribution in [2.45, 2.75) is 32.0 Å². The van der Waals surface area contributed by atoms with E-state index in [2.05, 4.69) is 21.6 Å². The van der Waals surface area contributed by atoms with Crippen LogP contribution in [0.4, 0.5) is 4.39 Å². The van der Waals surface area contributed by atoms with Crippen molar-refractivity contribution in [1.29, 1.82) is 0 Å². The molecule has 3 aromatic rings. The summed E-state index contributed by atoms with van der Waals surface area (Å²) in [4.78, 5) is 0. The van der Waals surface area contributed by atoms with Crippen LogP contribution >= 0.6 is 0 Å². The summed E-state index contributed by atoms with van der Waals surface area (Å²) in [5.41, 5.74) is 2.91. The van der Waals surface area contributed by atoms with Gasteiger partial charge in [-0.1, -0.05) is 30.3 Å². The van der Waals surface area contributed by atoms with Crippen LogP contribution in [0.3, 0.4) is 0 Å². The van der Waals surface area contributed by atoms with E-state index in [1.165, 1.54) is 12.1 Å². The van der Waals surface area contributed by atoms with Crippen LogP contribution in [0, 0.1) is 5.82 Å². The van der Waals surface area contributed by atoms with Gasteiger partial charge in [0.25, 0.3) is 0 Å². The lowest BCUT2D eigenvalue weighted by molar-refractivity contribution is 0.154. The van der Waals surface area contributed by atoms with Gasteiger partial charge in [0.05, 0.1) is 17.8 Å². The van der Waals surface area contributed by atoms with Crippen molar-refractivity contribution in [3.8, 4) is 0 Å². The zero-order valence-corrected chi connectivity index (χ0v) is 13.0. The molecule has 3 rings (SSSR count). The summed E-state index contributed by atoms with van der Waals surface area (Å²) in [5, 5.41) is 21.8. The molecule has 0 fully saturated rings. The molecule has 0 spiro atoms. The first kappa shape index (κ1) is 15.6. The van der Waals surface area contributed by atoms with Crippen LogP contribution in [0.2, 0.25) is 0 Å². The third kappa shape index (κ3) is 3.75. The molecule has 23 heavy (non-hydrogen) atoms. The van der Waals surface area contributed by atoms with E-state index in [0.717, 1.165) is 22.0 Å². The van der Waals surface area contributed by atoms with Crippen LogP contribution in [0.25, 0.3) is 10.9 Å². The molecule has 120 valence electrons. The summed E-state index contributed by atoms with van der Waals surface area (Å²) in [5.74, 6) is -0.292. The van der Waals surface area contributed by atoms with E-state index in [4.69, 9.17) is 0 Å². The predicted molar refractivity (Wildman–Crippen MR) is 88.4 cm³/mol. The van der Waals surface area contributed by atoms with Crippen molar-refractivity contribution < 1.29 is 9.50 Å². The molecule has 0 radical (unpaired) electrons. The third-order valence-corrected chi connectivity index (χ3v) is 4.04. The summed E-state index contributed by atoms with van der Waals surface area (Å²) >= 11 is 0. The molecule has 0 bridgehead atoms. The van der Waals surface area contributed by atoms with Crippen LogP contribution in [0.1, 0.15) is 30.6 Å². The highest BCUT2D eigenvalue weighted by molar-refractivity contribution is 5.81. The maximum Gasteiger partial charge on any atom is 0.123 e. The zero-order valence-electron chi connectivity index (χ0n) is 13.0. The number of nitrogens with zero attached hydrogens (tertiary/aromatic N) is 1. The van der Waals surface area contributed by atoms with Gasteiger partial charge in [-0.15, -0.1) is 0 Å². The molecule has 4 nitrogen and oxygen atoms in total. The Morgan fingerprint density at radius 1 is 1.22 bits per heavy atom. The maximum atomic E-state index is 12.9. The molecule has 0 aliphatic carbocycles. The van der Waals surface area contributed by atoms with Crippen LogP contribution in [-0.4, -0.2) is 21.3 Å². The summed E-state index contributed by atoms with van der Waals surface area (Å²) in [6, 6.07) is 12.2. The molecule has 0 saturated carbocycles. The number of aromatic nitrogens is 2. The van der Waals surface area contributed by atoms with Crippen LogP contribution in [0.5, 0.6) is 0 Å². The average Bonchev–Trinajstić information content (AvgIpc) is 3.02. The summed E-state index contributed by atoms with van der Waals surface area (Å²) in [6.07, 6.45) is 1.76.